The Bertz CT molecular complexity index is 1020. The number of halogens is 1. The van der Waals surface area contributed by atoms with Crippen molar-refractivity contribution < 1.29 is 18.7 Å². The van der Waals surface area contributed by atoms with E-state index >= 15 is 0 Å². The molecule has 0 saturated heterocycles. The van der Waals surface area contributed by atoms with Gasteiger partial charge in [0, 0.05) is 22.6 Å². The van der Waals surface area contributed by atoms with Gasteiger partial charge in [-0.15, -0.1) is 0 Å². The summed E-state index contributed by atoms with van der Waals surface area (Å²) in [5.74, 6) is -1.15. The molecular weight excluding hydrogens is 353 g/mol. The summed E-state index contributed by atoms with van der Waals surface area (Å²) in [6, 6.07) is 5.46. The second-order valence-corrected chi connectivity index (χ2v) is 6.04. The van der Waals surface area contributed by atoms with Crippen molar-refractivity contribution in [1.29, 1.82) is 0 Å². The highest BCUT2D eigenvalue weighted by molar-refractivity contribution is 5.95. The largest absolute Gasteiger partial charge is 0.452 e. The van der Waals surface area contributed by atoms with Gasteiger partial charge >= 0.3 is 5.97 Å². The van der Waals surface area contributed by atoms with Crippen molar-refractivity contribution in [2.75, 3.05) is 5.32 Å². The Balaban J connectivity index is 1.66. The molecule has 3 aromatic rings. The molecule has 1 aromatic carbocycles. The van der Waals surface area contributed by atoms with E-state index in [-0.39, 0.29) is 12.1 Å². The van der Waals surface area contributed by atoms with Gasteiger partial charge in [0.15, 0.2) is 6.10 Å². The van der Waals surface area contributed by atoms with E-state index in [0.29, 0.717) is 17.0 Å². The lowest BCUT2D eigenvalue weighted by Crippen LogP contribution is -2.30. The van der Waals surface area contributed by atoms with Crippen LogP contribution in [0.25, 0.3) is 5.78 Å². The molecule has 1 amide bonds. The standard InChI is InChI=1S/C18H18FN5O3/c1-10-15(11(2)24-18(22-10)20-9-21-24)8-16(25)27-12(3)17(26)23-14-6-4-5-13(19)7-14/h4-7,9,12H,8H2,1-3H3,(H,23,26)/t12-/m0/s1. The van der Waals surface area contributed by atoms with Gasteiger partial charge in [0.25, 0.3) is 11.7 Å². The summed E-state index contributed by atoms with van der Waals surface area (Å²) in [5.41, 5.74) is 2.32. The molecule has 2 heterocycles. The molecule has 0 saturated carbocycles. The van der Waals surface area contributed by atoms with E-state index in [4.69, 9.17) is 4.74 Å². The third-order valence-electron chi connectivity index (χ3n) is 4.08. The fraction of sp³-hybridized carbons (Fsp3) is 0.278. The molecule has 0 bridgehead atoms. The van der Waals surface area contributed by atoms with Crippen LogP contribution in [0.2, 0.25) is 0 Å². The summed E-state index contributed by atoms with van der Waals surface area (Å²) in [4.78, 5) is 32.7. The Morgan fingerprint density at radius 2 is 2.11 bits per heavy atom. The second kappa shape index (κ2) is 7.48. The number of esters is 1. The summed E-state index contributed by atoms with van der Waals surface area (Å²) >= 11 is 0. The lowest BCUT2D eigenvalue weighted by Gasteiger charge is -2.15. The lowest BCUT2D eigenvalue weighted by atomic mass is 10.1. The number of aryl methyl sites for hydroxylation is 2. The van der Waals surface area contributed by atoms with Gasteiger partial charge in [0.05, 0.1) is 6.42 Å². The topological polar surface area (TPSA) is 98.5 Å². The molecule has 0 spiro atoms. The van der Waals surface area contributed by atoms with Crippen LogP contribution in [0.1, 0.15) is 23.9 Å². The lowest BCUT2D eigenvalue weighted by molar-refractivity contribution is -0.152. The number of hydrogen-bond donors (Lipinski definition) is 1. The van der Waals surface area contributed by atoms with Crippen molar-refractivity contribution in [3.63, 3.8) is 0 Å². The van der Waals surface area contributed by atoms with Gasteiger partial charge < -0.3 is 10.1 Å². The smallest absolute Gasteiger partial charge is 0.311 e. The monoisotopic (exact) mass is 371 g/mol. The van der Waals surface area contributed by atoms with Gasteiger partial charge in [-0.2, -0.15) is 10.1 Å². The number of carbonyl (C=O) groups excluding carboxylic acids is 2. The first-order valence-corrected chi connectivity index (χ1v) is 8.27. The van der Waals surface area contributed by atoms with E-state index in [0.717, 1.165) is 5.69 Å². The number of fused-ring (bicyclic) bond motifs is 1. The first-order valence-electron chi connectivity index (χ1n) is 8.27. The quantitative estimate of drug-likeness (QED) is 0.689. The van der Waals surface area contributed by atoms with Crippen LogP contribution >= 0.6 is 0 Å². The SMILES string of the molecule is Cc1nc2ncnn2c(C)c1CC(=O)O[C@@H](C)C(=O)Nc1cccc(F)c1. The average Bonchev–Trinajstić information content (AvgIpc) is 3.07. The highest BCUT2D eigenvalue weighted by Crippen LogP contribution is 2.15. The van der Waals surface area contributed by atoms with Crippen LogP contribution in [0.3, 0.4) is 0 Å². The summed E-state index contributed by atoms with van der Waals surface area (Å²) in [6.07, 6.45) is 0.290. The molecule has 140 valence electrons. The molecule has 0 fully saturated rings. The van der Waals surface area contributed by atoms with Gasteiger partial charge in [-0.25, -0.2) is 13.9 Å². The van der Waals surface area contributed by atoms with Crippen LogP contribution in [-0.4, -0.2) is 37.6 Å². The van der Waals surface area contributed by atoms with Gasteiger partial charge in [0.1, 0.15) is 12.1 Å². The second-order valence-electron chi connectivity index (χ2n) is 6.04. The third kappa shape index (κ3) is 4.08. The molecule has 9 heteroatoms. The fourth-order valence-corrected chi connectivity index (χ4v) is 2.66. The molecule has 0 aliphatic heterocycles. The van der Waals surface area contributed by atoms with Gasteiger partial charge in [-0.1, -0.05) is 6.07 Å². The summed E-state index contributed by atoms with van der Waals surface area (Å²) < 4.78 is 19.9. The molecule has 0 radical (unpaired) electrons. The number of benzene rings is 1. The maximum absolute atomic E-state index is 13.2. The molecule has 1 atom stereocenters. The number of anilines is 1. The maximum Gasteiger partial charge on any atom is 0.311 e. The zero-order chi connectivity index (χ0) is 19.6. The highest BCUT2D eigenvalue weighted by Gasteiger charge is 2.21. The van der Waals surface area contributed by atoms with E-state index in [2.05, 4.69) is 20.4 Å². The van der Waals surface area contributed by atoms with Crippen molar-refractivity contribution in [2.24, 2.45) is 0 Å². The number of hydrogen-bond acceptors (Lipinski definition) is 6. The minimum atomic E-state index is -1.04. The molecule has 3 rings (SSSR count). The predicted octanol–water partition coefficient (Wildman–Crippen LogP) is 1.99. The van der Waals surface area contributed by atoms with Crippen LogP contribution in [0.4, 0.5) is 10.1 Å². The zero-order valence-corrected chi connectivity index (χ0v) is 15.1. The number of ether oxygens (including phenoxy) is 1. The molecule has 8 nitrogen and oxygen atoms in total. The van der Waals surface area contributed by atoms with Crippen molar-refractivity contribution in [3.05, 3.63) is 53.4 Å². The Morgan fingerprint density at radius 3 is 2.85 bits per heavy atom. The summed E-state index contributed by atoms with van der Waals surface area (Å²) in [6.45, 7) is 5.02. The number of nitrogens with zero attached hydrogens (tertiary/aromatic N) is 4. The molecule has 27 heavy (non-hydrogen) atoms. The van der Waals surface area contributed by atoms with Crippen molar-refractivity contribution in [3.8, 4) is 0 Å². The molecule has 1 N–H and O–H groups in total. The van der Waals surface area contributed by atoms with Crippen LogP contribution in [-0.2, 0) is 20.7 Å². The van der Waals surface area contributed by atoms with Crippen LogP contribution in [0.5, 0.6) is 0 Å². The average molecular weight is 371 g/mol. The summed E-state index contributed by atoms with van der Waals surface area (Å²) in [5, 5.41) is 6.57. The first-order chi connectivity index (χ1) is 12.8. The molecule has 0 unspecified atom stereocenters. The first kappa shape index (κ1) is 18.4. The van der Waals surface area contributed by atoms with E-state index < -0.39 is 23.8 Å². The maximum atomic E-state index is 13.2. The number of rotatable bonds is 5. The zero-order valence-electron chi connectivity index (χ0n) is 15.1. The van der Waals surface area contributed by atoms with Gasteiger partial charge in [-0.3, -0.25) is 9.59 Å². The molecule has 0 aliphatic rings. The van der Waals surface area contributed by atoms with Gasteiger partial charge in [-0.05, 0) is 39.0 Å². The number of amides is 1. The Kier molecular flexibility index (Phi) is 5.11. The Hall–Kier alpha value is -3.36. The van der Waals surface area contributed by atoms with E-state index in [9.17, 15) is 14.0 Å². The van der Waals surface area contributed by atoms with Crippen molar-refractivity contribution in [2.45, 2.75) is 33.3 Å². The molecular formula is C18H18FN5O3. The third-order valence-corrected chi connectivity index (χ3v) is 4.08. The number of aromatic nitrogens is 4. The van der Waals surface area contributed by atoms with Gasteiger partial charge in [0.2, 0.25) is 0 Å². The van der Waals surface area contributed by atoms with Crippen LogP contribution in [0.15, 0.2) is 30.6 Å². The Morgan fingerprint density at radius 1 is 1.33 bits per heavy atom. The summed E-state index contributed by atoms with van der Waals surface area (Å²) in [7, 11) is 0. The van der Waals surface area contributed by atoms with Crippen LogP contribution in [0, 0.1) is 19.7 Å². The van der Waals surface area contributed by atoms with E-state index in [1.807, 2.05) is 0 Å². The van der Waals surface area contributed by atoms with Crippen LogP contribution < -0.4 is 5.32 Å². The van der Waals surface area contributed by atoms with E-state index in [1.165, 1.54) is 36.0 Å². The number of carbonyl (C=O) groups is 2. The fourth-order valence-electron chi connectivity index (χ4n) is 2.66. The molecule has 2 aromatic heterocycles. The Labute approximate surface area is 154 Å². The predicted molar refractivity (Wildman–Crippen MR) is 94.5 cm³/mol. The number of nitrogens with one attached hydrogen (secondary N) is 1. The van der Waals surface area contributed by atoms with Crippen molar-refractivity contribution >= 4 is 23.3 Å². The van der Waals surface area contributed by atoms with Crippen molar-refractivity contribution in [1.82, 2.24) is 19.6 Å². The normalized spacial score (nSPS) is 12.0. The van der Waals surface area contributed by atoms with E-state index in [1.54, 1.807) is 19.9 Å². The highest BCUT2D eigenvalue weighted by atomic mass is 19.1. The minimum Gasteiger partial charge on any atom is -0.452 e. The minimum absolute atomic E-state index is 0.0575. The molecule has 0 aliphatic carbocycles.